The number of ether oxygens (including phenoxy) is 2. The van der Waals surface area contributed by atoms with E-state index in [2.05, 4.69) is 10.1 Å². The summed E-state index contributed by atoms with van der Waals surface area (Å²) in [5.74, 6) is 0.0771. The minimum atomic E-state index is -4.37. The van der Waals surface area contributed by atoms with Crippen LogP contribution >= 0.6 is 0 Å². The van der Waals surface area contributed by atoms with Crippen LogP contribution in [0.2, 0.25) is 0 Å². The summed E-state index contributed by atoms with van der Waals surface area (Å²) in [4.78, 5) is 23.5. The maximum absolute atomic E-state index is 12.9. The first-order chi connectivity index (χ1) is 17.5. The molecule has 0 heterocycles. The third kappa shape index (κ3) is 7.35. The number of amides is 1. The summed E-state index contributed by atoms with van der Waals surface area (Å²) in [7, 11) is 1.30. The number of carbonyl (C=O) groups is 2. The molecule has 1 N–H and O–H groups in total. The van der Waals surface area contributed by atoms with Crippen LogP contribution in [-0.2, 0) is 15.7 Å². The van der Waals surface area contributed by atoms with Gasteiger partial charge in [0, 0.05) is 12.1 Å². The van der Waals surface area contributed by atoms with E-state index in [1.54, 1.807) is 18.2 Å². The molecule has 1 atom stereocenters. The lowest BCUT2D eigenvalue weighted by Crippen LogP contribution is -2.26. The molecular formula is C29H30F3NO4. The average molecular weight is 514 g/mol. The molecule has 0 fully saturated rings. The van der Waals surface area contributed by atoms with E-state index in [1.807, 2.05) is 45.0 Å². The van der Waals surface area contributed by atoms with Crippen LogP contribution in [0.5, 0.6) is 5.75 Å². The van der Waals surface area contributed by atoms with E-state index in [0.29, 0.717) is 16.9 Å². The summed E-state index contributed by atoms with van der Waals surface area (Å²) in [6.07, 6.45) is -4.56. The molecule has 8 heteroatoms. The Morgan fingerprint density at radius 2 is 1.59 bits per heavy atom. The summed E-state index contributed by atoms with van der Waals surface area (Å²) < 4.78 is 49.5. The predicted octanol–water partition coefficient (Wildman–Crippen LogP) is 6.75. The van der Waals surface area contributed by atoms with E-state index in [0.717, 1.165) is 28.8 Å². The Bertz CT molecular complexity index is 1220. The Balaban J connectivity index is 1.71. The van der Waals surface area contributed by atoms with Crippen LogP contribution < -0.4 is 10.1 Å². The average Bonchev–Trinajstić information content (AvgIpc) is 2.86. The molecule has 0 aliphatic carbocycles. The van der Waals surface area contributed by atoms with Gasteiger partial charge in [-0.1, -0.05) is 44.2 Å². The van der Waals surface area contributed by atoms with Crippen molar-refractivity contribution in [1.82, 2.24) is 5.32 Å². The van der Waals surface area contributed by atoms with E-state index < -0.39 is 17.7 Å². The van der Waals surface area contributed by atoms with Gasteiger partial charge < -0.3 is 14.8 Å². The summed E-state index contributed by atoms with van der Waals surface area (Å²) in [5.41, 5.74) is 3.07. The van der Waals surface area contributed by atoms with Gasteiger partial charge in [-0.15, -0.1) is 0 Å². The number of carbonyl (C=O) groups excluding carboxylic acids is 2. The van der Waals surface area contributed by atoms with E-state index >= 15 is 0 Å². The molecule has 1 amide bonds. The fourth-order valence-electron chi connectivity index (χ4n) is 3.91. The maximum Gasteiger partial charge on any atom is 0.416 e. The minimum absolute atomic E-state index is 0.0979. The van der Waals surface area contributed by atoms with Crippen molar-refractivity contribution in [2.24, 2.45) is 5.92 Å². The molecule has 0 radical (unpaired) electrons. The molecule has 0 spiro atoms. The van der Waals surface area contributed by atoms with Gasteiger partial charge in [-0.25, -0.2) is 0 Å². The lowest BCUT2D eigenvalue weighted by atomic mass is 9.97. The standard InChI is InChI=1S/C29H30F3NO4/c1-18(2)27(21-5-7-22(8-6-21)28(35)33-16-15-26(34)36-4)37-24-13-14-25(19(3)17-24)20-9-11-23(12-10-20)29(30,31)32/h5-14,17-18,27H,15-16H2,1-4H3,(H,33,35). The van der Waals surface area contributed by atoms with E-state index in [-0.39, 0.29) is 30.9 Å². The number of rotatable bonds is 9. The van der Waals surface area contributed by atoms with Gasteiger partial charge in [-0.05, 0) is 71.5 Å². The van der Waals surface area contributed by atoms with Crippen molar-refractivity contribution in [2.45, 2.75) is 39.5 Å². The number of alkyl halides is 3. The van der Waals surface area contributed by atoms with Gasteiger partial charge in [-0.3, -0.25) is 9.59 Å². The molecule has 196 valence electrons. The van der Waals surface area contributed by atoms with Gasteiger partial charge in [0.2, 0.25) is 0 Å². The fraction of sp³-hybridized carbons (Fsp3) is 0.310. The quantitative estimate of drug-likeness (QED) is 0.322. The Kier molecular flexibility index (Phi) is 8.97. The number of nitrogens with one attached hydrogen (secondary N) is 1. The highest BCUT2D eigenvalue weighted by atomic mass is 19.4. The highest BCUT2D eigenvalue weighted by Crippen LogP contribution is 2.34. The molecule has 1 unspecified atom stereocenters. The van der Waals surface area contributed by atoms with Crippen molar-refractivity contribution >= 4 is 11.9 Å². The lowest BCUT2D eigenvalue weighted by molar-refractivity contribution is -0.140. The largest absolute Gasteiger partial charge is 0.485 e. The summed E-state index contributed by atoms with van der Waals surface area (Å²) >= 11 is 0. The molecule has 37 heavy (non-hydrogen) atoms. The highest BCUT2D eigenvalue weighted by Gasteiger charge is 2.30. The zero-order valence-corrected chi connectivity index (χ0v) is 21.2. The lowest BCUT2D eigenvalue weighted by Gasteiger charge is -2.24. The van der Waals surface area contributed by atoms with E-state index in [4.69, 9.17) is 4.74 Å². The van der Waals surface area contributed by atoms with Gasteiger partial charge in [0.1, 0.15) is 11.9 Å². The summed E-state index contributed by atoms with van der Waals surface area (Å²) in [6, 6.07) is 17.7. The van der Waals surface area contributed by atoms with E-state index in [1.165, 1.54) is 19.2 Å². The summed E-state index contributed by atoms with van der Waals surface area (Å²) in [6.45, 7) is 6.13. The van der Waals surface area contributed by atoms with Crippen molar-refractivity contribution in [3.8, 4) is 16.9 Å². The van der Waals surface area contributed by atoms with Crippen LogP contribution in [0.15, 0.2) is 66.7 Å². The van der Waals surface area contributed by atoms with Crippen molar-refractivity contribution in [1.29, 1.82) is 0 Å². The second-order valence-electron chi connectivity index (χ2n) is 9.04. The number of aryl methyl sites for hydroxylation is 1. The molecule has 0 saturated heterocycles. The van der Waals surface area contributed by atoms with Crippen molar-refractivity contribution in [2.75, 3.05) is 13.7 Å². The predicted molar refractivity (Wildman–Crippen MR) is 135 cm³/mol. The third-order valence-electron chi connectivity index (χ3n) is 5.93. The van der Waals surface area contributed by atoms with Gasteiger partial charge in [0.15, 0.2) is 0 Å². The number of hydrogen-bond acceptors (Lipinski definition) is 4. The van der Waals surface area contributed by atoms with Crippen LogP contribution in [0.4, 0.5) is 13.2 Å². The Hall–Kier alpha value is -3.81. The topological polar surface area (TPSA) is 64.6 Å². The zero-order valence-electron chi connectivity index (χ0n) is 21.2. The number of halogens is 3. The molecule has 5 nitrogen and oxygen atoms in total. The van der Waals surface area contributed by atoms with Gasteiger partial charge in [-0.2, -0.15) is 13.2 Å². The summed E-state index contributed by atoms with van der Waals surface area (Å²) in [5, 5.41) is 2.68. The Morgan fingerprint density at radius 1 is 0.946 bits per heavy atom. The first-order valence-corrected chi connectivity index (χ1v) is 11.9. The van der Waals surface area contributed by atoms with Gasteiger partial charge >= 0.3 is 12.1 Å². The zero-order chi connectivity index (χ0) is 27.2. The molecule has 0 aliphatic rings. The van der Waals surface area contributed by atoms with Crippen LogP contribution in [0, 0.1) is 12.8 Å². The maximum atomic E-state index is 12.9. The monoisotopic (exact) mass is 513 g/mol. The van der Waals surface area contributed by atoms with Crippen LogP contribution in [0.3, 0.4) is 0 Å². The van der Waals surface area contributed by atoms with Crippen LogP contribution in [0.1, 0.15) is 53.4 Å². The molecular weight excluding hydrogens is 483 g/mol. The second kappa shape index (κ2) is 12.0. The number of hydrogen-bond donors (Lipinski definition) is 1. The van der Waals surface area contributed by atoms with Gasteiger partial charge in [0.05, 0.1) is 19.1 Å². The first kappa shape index (κ1) is 27.8. The third-order valence-corrected chi connectivity index (χ3v) is 5.93. The Morgan fingerprint density at radius 3 is 2.14 bits per heavy atom. The molecule has 0 aromatic heterocycles. The van der Waals surface area contributed by atoms with E-state index in [9.17, 15) is 22.8 Å². The molecule has 0 saturated carbocycles. The Labute approximate surface area is 214 Å². The second-order valence-corrected chi connectivity index (χ2v) is 9.04. The molecule has 0 aliphatic heterocycles. The minimum Gasteiger partial charge on any atom is -0.485 e. The van der Waals surface area contributed by atoms with Crippen molar-refractivity contribution < 1.29 is 32.2 Å². The molecule has 3 aromatic rings. The van der Waals surface area contributed by atoms with Crippen molar-refractivity contribution in [3.63, 3.8) is 0 Å². The highest BCUT2D eigenvalue weighted by molar-refractivity contribution is 5.94. The molecule has 3 aromatic carbocycles. The van der Waals surface area contributed by atoms with Crippen LogP contribution in [-0.4, -0.2) is 25.5 Å². The molecule has 3 rings (SSSR count). The number of methoxy groups -OCH3 is 1. The first-order valence-electron chi connectivity index (χ1n) is 11.9. The normalized spacial score (nSPS) is 12.2. The number of esters is 1. The van der Waals surface area contributed by atoms with Crippen LogP contribution in [0.25, 0.3) is 11.1 Å². The number of benzene rings is 3. The fourth-order valence-corrected chi connectivity index (χ4v) is 3.91. The van der Waals surface area contributed by atoms with Gasteiger partial charge in [0.25, 0.3) is 5.91 Å². The van der Waals surface area contributed by atoms with Crippen molar-refractivity contribution in [3.05, 3.63) is 89.0 Å². The SMILES string of the molecule is COC(=O)CCNC(=O)c1ccc(C(Oc2ccc(-c3ccc(C(F)(F)F)cc3)c(C)c2)C(C)C)cc1. The smallest absolute Gasteiger partial charge is 0.416 e. The molecule has 0 bridgehead atoms.